The summed E-state index contributed by atoms with van der Waals surface area (Å²) in [5, 5.41) is 0. The van der Waals surface area contributed by atoms with Gasteiger partial charge in [-0.1, -0.05) is 296 Å². The second-order valence-corrected chi connectivity index (χ2v) is 22.0. The Hall–Kier alpha value is -4.19. The van der Waals surface area contributed by atoms with E-state index in [2.05, 4.69) is 142 Å². The molecule has 1 atom stereocenters. The van der Waals surface area contributed by atoms with Crippen LogP contribution >= 0.6 is 0 Å². The van der Waals surface area contributed by atoms with Gasteiger partial charge in [0, 0.05) is 19.3 Å². The quantitative estimate of drug-likeness (QED) is 0.0261. The molecule has 0 rings (SSSR count). The Balaban J connectivity index is 4.43. The maximum atomic E-state index is 12.9. The van der Waals surface area contributed by atoms with Crippen LogP contribution in [0.25, 0.3) is 0 Å². The molecule has 0 aliphatic carbocycles. The maximum absolute atomic E-state index is 12.9. The van der Waals surface area contributed by atoms with Crippen molar-refractivity contribution in [1.29, 1.82) is 0 Å². The number of carbonyl (C=O) groups excluding carboxylic acids is 3. The fourth-order valence-electron chi connectivity index (χ4n) is 9.20. The number of hydrogen-bond donors (Lipinski definition) is 0. The molecule has 0 fully saturated rings. The van der Waals surface area contributed by atoms with Gasteiger partial charge in [0.1, 0.15) is 13.2 Å². The largest absolute Gasteiger partial charge is 0.462 e. The first-order chi connectivity index (χ1) is 39.5. The highest BCUT2D eigenvalue weighted by atomic mass is 16.6. The summed E-state index contributed by atoms with van der Waals surface area (Å²) >= 11 is 0. The molecule has 0 radical (unpaired) electrons. The third-order valence-electron chi connectivity index (χ3n) is 14.2. The normalized spacial score (nSPS) is 12.9. The van der Waals surface area contributed by atoms with Crippen LogP contribution in [0.3, 0.4) is 0 Å². The minimum Gasteiger partial charge on any atom is -0.462 e. The lowest BCUT2D eigenvalue weighted by atomic mass is 10.0. The Bertz CT molecular complexity index is 1650. The minimum absolute atomic E-state index is 0.0895. The molecule has 6 heteroatoms. The monoisotopic (exact) mass is 1110 g/mol. The molecule has 0 aliphatic heterocycles. The van der Waals surface area contributed by atoms with Crippen molar-refractivity contribution in [2.75, 3.05) is 13.2 Å². The lowest BCUT2D eigenvalue weighted by Crippen LogP contribution is -2.30. The van der Waals surface area contributed by atoms with Crippen LogP contribution < -0.4 is 0 Å². The van der Waals surface area contributed by atoms with E-state index >= 15 is 0 Å². The van der Waals surface area contributed by atoms with E-state index in [4.69, 9.17) is 14.2 Å². The summed E-state index contributed by atoms with van der Waals surface area (Å²) in [4.78, 5) is 38.4. The Morgan fingerprint density at radius 1 is 0.263 bits per heavy atom. The SMILES string of the molecule is CC/C=C\C/C=C\C/C=C\C/C=C\C/C=C\C/C=C\C/C=C\CCCCCCCC(=O)OCC(COC(=O)CCCCCCCCCCCCCCCCCC)OC(=O)CCCCCCCC/C=C\C/C=C\C/C=C\CCCCC. The molecule has 80 heavy (non-hydrogen) atoms. The Labute approximate surface area is 494 Å². The number of unbranched alkanes of at least 4 members (excludes halogenated alkanes) is 29. The first-order valence-electron chi connectivity index (χ1n) is 33.5. The van der Waals surface area contributed by atoms with Gasteiger partial charge in [-0.15, -0.1) is 0 Å². The maximum Gasteiger partial charge on any atom is 0.306 e. The van der Waals surface area contributed by atoms with E-state index in [9.17, 15) is 14.4 Å². The molecule has 456 valence electrons. The van der Waals surface area contributed by atoms with E-state index in [1.807, 2.05) is 0 Å². The average molecular weight is 1110 g/mol. The second kappa shape index (κ2) is 67.3. The highest BCUT2D eigenvalue weighted by Crippen LogP contribution is 2.16. The van der Waals surface area contributed by atoms with Crippen LogP contribution in [-0.2, 0) is 28.6 Å². The standard InChI is InChI=1S/C74H124O6/c1-4-7-10-13-16-19-22-25-28-31-33-34-35-36-37-38-39-40-42-43-46-49-52-55-58-61-64-67-73(76)79-70-71(69-78-72(75)66-63-60-57-54-51-48-45-30-27-24-21-18-15-12-9-6-3)80-74(77)68-65-62-59-56-53-50-47-44-41-32-29-26-23-20-17-14-11-8-5-2/h7,10,16-17,19-20,25-26,28-29,33-34,36-37,39-41,43-44,46,71H,4-6,8-9,11-15,18,21-24,27,30-32,35,38,42,45,47-70H2,1-3H3/b10-7-,19-16-,20-17-,28-25-,29-26-,34-33-,37-36-,40-39-,44-41-,46-43-. The third-order valence-corrected chi connectivity index (χ3v) is 14.2. The van der Waals surface area contributed by atoms with E-state index in [0.717, 1.165) is 148 Å². The molecule has 1 unspecified atom stereocenters. The number of carbonyl (C=O) groups is 3. The zero-order valence-corrected chi connectivity index (χ0v) is 52.3. The van der Waals surface area contributed by atoms with Crippen molar-refractivity contribution in [3.63, 3.8) is 0 Å². The Kier molecular flexibility index (Phi) is 63.8. The molecule has 0 N–H and O–H groups in total. The smallest absolute Gasteiger partial charge is 0.306 e. The van der Waals surface area contributed by atoms with E-state index in [1.54, 1.807) is 0 Å². The molecule has 0 aromatic rings. The van der Waals surface area contributed by atoms with Crippen molar-refractivity contribution in [1.82, 2.24) is 0 Å². The zero-order valence-electron chi connectivity index (χ0n) is 52.3. The van der Waals surface area contributed by atoms with Gasteiger partial charge < -0.3 is 14.2 Å². The molecule has 0 aromatic carbocycles. The molecular formula is C74H124O6. The van der Waals surface area contributed by atoms with Crippen LogP contribution in [0.5, 0.6) is 0 Å². The number of allylic oxidation sites excluding steroid dienone is 20. The first kappa shape index (κ1) is 75.8. The summed E-state index contributed by atoms with van der Waals surface area (Å²) < 4.78 is 16.9. The summed E-state index contributed by atoms with van der Waals surface area (Å²) in [5.41, 5.74) is 0. The van der Waals surface area contributed by atoms with Gasteiger partial charge in [0.25, 0.3) is 0 Å². The Morgan fingerprint density at radius 2 is 0.487 bits per heavy atom. The average Bonchev–Trinajstić information content (AvgIpc) is 3.46. The lowest BCUT2D eigenvalue weighted by molar-refractivity contribution is -0.167. The predicted molar refractivity (Wildman–Crippen MR) is 348 cm³/mol. The third kappa shape index (κ3) is 64.6. The highest BCUT2D eigenvalue weighted by Gasteiger charge is 2.19. The summed E-state index contributed by atoms with van der Waals surface area (Å²) in [6.07, 6.45) is 93.4. The van der Waals surface area contributed by atoms with Gasteiger partial charge in [0.05, 0.1) is 0 Å². The van der Waals surface area contributed by atoms with Gasteiger partial charge in [-0.25, -0.2) is 0 Å². The van der Waals surface area contributed by atoms with Crippen LogP contribution in [0.4, 0.5) is 0 Å². The second-order valence-electron chi connectivity index (χ2n) is 22.0. The predicted octanol–water partition coefficient (Wildman–Crippen LogP) is 23.2. The zero-order chi connectivity index (χ0) is 57.8. The molecule has 6 nitrogen and oxygen atoms in total. The van der Waals surface area contributed by atoms with Gasteiger partial charge in [-0.2, -0.15) is 0 Å². The summed E-state index contributed by atoms with van der Waals surface area (Å²) in [7, 11) is 0. The van der Waals surface area contributed by atoms with Gasteiger partial charge >= 0.3 is 17.9 Å². The molecule has 0 saturated heterocycles. The molecule has 0 aliphatic rings. The van der Waals surface area contributed by atoms with Crippen LogP contribution in [-0.4, -0.2) is 37.2 Å². The van der Waals surface area contributed by atoms with Crippen molar-refractivity contribution in [3.05, 3.63) is 122 Å². The van der Waals surface area contributed by atoms with E-state index in [0.29, 0.717) is 19.3 Å². The molecule has 0 bridgehead atoms. The van der Waals surface area contributed by atoms with Crippen molar-refractivity contribution in [2.45, 2.75) is 316 Å². The molecule has 0 spiro atoms. The van der Waals surface area contributed by atoms with Crippen LogP contribution in [0.2, 0.25) is 0 Å². The van der Waals surface area contributed by atoms with Gasteiger partial charge in [-0.05, 0) is 116 Å². The number of rotatable bonds is 60. The summed E-state index contributed by atoms with van der Waals surface area (Å²) in [6.45, 7) is 6.50. The molecule has 0 saturated carbocycles. The van der Waals surface area contributed by atoms with Crippen LogP contribution in [0, 0.1) is 0 Å². The summed E-state index contributed by atoms with van der Waals surface area (Å²) in [6, 6.07) is 0. The van der Waals surface area contributed by atoms with Crippen molar-refractivity contribution in [2.24, 2.45) is 0 Å². The van der Waals surface area contributed by atoms with E-state index in [1.165, 1.54) is 122 Å². The number of ether oxygens (including phenoxy) is 3. The fourth-order valence-corrected chi connectivity index (χ4v) is 9.20. The van der Waals surface area contributed by atoms with Gasteiger partial charge in [-0.3, -0.25) is 14.4 Å². The van der Waals surface area contributed by atoms with E-state index < -0.39 is 6.10 Å². The van der Waals surface area contributed by atoms with Crippen LogP contribution in [0.15, 0.2) is 122 Å². The lowest BCUT2D eigenvalue weighted by Gasteiger charge is -2.18. The van der Waals surface area contributed by atoms with Crippen molar-refractivity contribution in [3.8, 4) is 0 Å². The number of esters is 3. The molecule has 0 heterocycles. The first-order valence-corrected chi connectivity index (χ1v) is 33.5. The Morgan fingerprint density at radius 3 is 0.787 bits per heavy atom. The van der Waals surface area contributed by atoms with Crippen molar-refractivity contribution < 1.29 is 28.6 Å². The summed E-state index contributed by atoms with van der Waals surface area (Å²) in [5.74, 6) is -0.913. The van der Waals surface area contributed by atoms with Crippen molar-refractivity contribution >= 4 is 17.9 Å². The van der Waals surface area contributed by atoms with Gasteiger partial charge in [0.2, 0.25) is 0 Å². The molecule has 0 aromatic heterocycles. The number of hydrogen-bond acceptors (Lipinski definition) is 6. The molecular weight excluding hydrogens is 985 g/mol. The highest BCUT2D eigenvalue weighted by molar-refractivity contribution is 5.71. The minimum atomic E-state index is -0.797. The van der Waals surface area contributed by atoms with Crippen LogP contribution in [0.1, 0.15) is 310 Å². The fraction of sp³-hybridized carbons (Fsp3) is 0.689. The van der Waals surface area contributed by atoms with Gasteiger partial charge in [0.15, 0.2) is 6.10 Å². The topological polar surface area (TPSA) is 78.9 Å². The van der Waals surface area contributed by atoms with E-state index in [-0.39, 0.29) is 31.1 Å². The molecule has 0 amide bonds.